The number of nitrogens with zero attached hydrogens (tertiary/aromatic N) is 2. The van der Waals surface area contributed by atoms with Crippen LogP contribution in [0, 0.1) is 5.92 Å². The third kappa shape index (κ3) is 3.67. The largest absolute Gasteiger partial charge is 0.369 e. The molecule has 1 aliphatic rings. The fourth-order valence-electron chi connectivity index (χ4n) is 1.98. The maximum absolute atomic E-state index is 4.71. The second-order valence-corrected chi connectivity index (χ2v) is 5.87. The number of rotatable bonds is 7. The molecule has 0 aromatic carbocycles. The van der Waals surface area contributed by atoms with Crippen molar-refractivity contribution in [2.75, 3.05) is 11.9 Å². The second kappa shape index (κ2) is 6.50. The lowest BCUT2D eigenvalue weighted by Gasteiger charge is -2.12. The van der Waals surface area contributed by atoms with Crippen LogP contribution in [0.5, 0.6) is 0 Å². The fourth-order valence-corrected chi connectivity index (χ4v) is 2.49. The summed E-state index contributed by atoms with van der Waals surface area (Å²) in [7, 11) is 0. The van der Waals surface area contributed by atoms with Crippen LogP contribution < -0.4 is 5.32 Å². The third-order valence-corrected chi connectivity index (χ3v) is 4.00. The molecule has 0 radical (unpaired) electrons. The maximum atomic E-state index is 4.71. The Bertz CT molecular complexity index is 402. The Labute approximate surface area is 118 Å². The Kier molecular flexibility index (Phi) is 4.98. The molecule has 0 atom stereocenters. The van der Waals surface area contributed by atoms with Gasteiger partial charge in [0.2, 0.25) is 0 Å². The molecule has 1 N–H and O–H groups in total. The molecule has 2 rings (SSSR count). The van der Waals surface area contributed by atoms with Crippen LogP contribution in [0.4, 0.5) is 5.82 Å². The molecule has 100 valence electrons. The van der Waals surface area contributed by atoms with E-state index in [1.807, 2.05) is 0 Å². The van der Waals surface area contributed by atoms with E-state index in [0.29, 0.717) is 0 Å². The van der Waals surface area contributed by atoms with E-state index in [1.165, 1.54) is 12.8 Å². The Morgan fingerprint density at radius 2 is 2.00 bits per heavy atom. The van der Waals surface area contributed by atoms with Gasteiger partial charge in [-0.1, -0.05) is 20.3 Å². The summed E-state index contributed by atoms with van der Waals surface area (Å²) in [6, 6.07) is 0. The van der Waals surface area contributed by atoms with Gasteiger partial charge < -0.3 is 5.32 Å². The van der Waals surface area contributed by atoms with Crippen LogP contribution in [0.25, 0.3) is 0 Å². The second-order valence-electron chi connectivity index (χ2n) is 5.07. The molecular formula is C14H22BrN3. The van der Waals surface area contributed by atoms with Crippen molar-refractivity contribution < 1.29 is 0 Å². The van der Waals surface area contributed by atoms with Crippen molar-refractivity contribution in [2.45, 2.75) is 52.4 Å². The number of hydrogen-bond donors (Lipinski definition) is 1. The predicted molar refractivity (Wildman–Crippen MR) is 78.9 cm³/mol. The summed E-state index contributed by atoms with van der Waals surface area (Å²) in [4.78, 5) is 9.38. The summed E-state index contributed by atoms with van der Waals surface area (Å²) in [6.07, 6.45) is 6.98. The summed E-state index contributed by atoms with van der Waals surface area (Å²) in [5.41, 5.74) is 1.15. The predicted octanol–water partition coefficient (Wildman–Crippen LogP) is 3.97. The zero-order chi connectivity index (χ0) is 13.0. The van der Waals surface area contributed by atoms with Crippen LogP contribution in [0.1, 0.15) is 51.0 Å². The number of aryl methyl sites for hydroxylation is 1. The Morgan fingerprint density at radius 3 is 2.61 bits per heavy atom. The zero-order valence-corrected chi connectivity index (χ0v) is 12.9. The number of anilines is 1. The first-order valence-electron chi connectivity index (χ1n) is 7.03. The molecule has 1 aromatic heterocycles. The molecule has 0 aliphatic heterocycles. The number of hydrogen-bond acceptors (Lipinski definition) is 3. The molecule has 3 nitrogen and oxygen atoms in total. The normalized spacial score (nSPS) is 14.8. The van der Waals surface area contributed by atoms with Gasteiger partial charge in [0.1, 0.15) is 11.6 Å². The lowest BCUT2D eigenvalue weighted by atomic mass is 10.2. The van der Waals surface area contributed by atoms with E-state index < -0.39 is 0 Å². The van der Waals surface area contributed by atoms with E-state index in [1.54, 1.807) is 0 Å². The van der Waals surface area contributed by atoms with Crippen LogP contribution in [0.15, 0.2) is 4.47 Å². The Hall–Kier alpha value is -0.640. The first kappa shape index (κ1) is 13.8. The molecular weight excluding hydrogens is 290 g/mol. The van der Waals surface area contributed by atoms with E-state index in [-0.39, 0.29) is 0 Å². The first-order valence-corrected chi connectivity index (χ1v) is 7.83. The number of aromatic nitrogens is 2. The van der Waals surface area contributed by atoms with Gasteiger partial charge in [-0.05, 0) is 47.5 Å². The van der Waals surface area contributed by atoms with Crippen LogP contribution in [0.3, 0.4) is 0 Å². The van der Waals surface area contributed by atoms with Gasteiger partial charge in [0.05, 0.1) is 10.2 Å². The number of halogens is 1. The molecule has 1 fully saturated rings. The topological polar surface area (TPSA) is 37.8 Å². The molecule has 1 aliphatic carbocycles. The summed E-state index contributed by atoms with van der Waals surface area (Å²) < 4.78 is 1.05. The van der Waals surface area contributed by atoms with Gasteiger partial charge in [-0.15, -0.1) is 0 Å². The molecule has 0 spiro atoms. The van der Waals surface area contributed by atoms with Crippen molar-refractivity contribution >= 4 is 21.7 Å². The number of nitrogens with one attached hydrogen (secondary N) is 1. The van der Waals surface area contributed by atoms with Crippen molar-refractivity contribution in [3.05, 3.63) is 16.0 Å². The molecule has 18 heavy (non-hydrogen) atoms. The van der Waals surface area contributed by atoms with E-state index in [9.17, 15) is 0 Å². The first-order chi connectivity index (χ1) is 8.74. The van der Waals surface area contributed by atoms with Gasteiger partial charge in [-0.2, -0.15) is 0 Å². The molecule has 0 saturated heterocycles. The van der Waals surface area contributed by atoms with Gasteiger partial charge >= 0.3 is 0 Å². The average Bonchev–Trinajstić information content (AvgIpc) is 3.15. The molecule has 1 saturated carbocycles. The minimum Gasteiger partial charge on any atom is -0.369 e. The lowest BCUT2D eigenvalue weighted by molar-refractivity contribution is 0.746. The Balaban J connectivity index is 2.20. The minimum atomic E-state index is 0.833. The summed E-state index contributed by atoms with van der Waals surface area (Å²) in [6.45, 7) is 5.32. The van der Waals surface area contributed by atoms with Gasteiger partial charge in [0, 0.05) is 13.0 Å². The highest BCUT2D eigenvalue weighted by molar-refractivity contribution is 9.10. The van der Waals surface area contributed by atoms with E-state index in [2.05, 4.69) is 40.1 Å². The fraction of sp³-hybridized carbons (Fsp3) is 0.714. The van der Waals surface area contributed by atoms with Crippen molar-refractivity contribution in [3.63, 3.8) is 0 Å². The Morgan fingerprint density at radius 1 is 1.22 bits per heavy atom. The van der Waals surface area contributed by atoms with E-state index in [4.69, 9.17) is 4.98 Å². The highest BCUT2D eigenvalue weighted by Crippen LogP contribution is 2.33. The molecule has 4 heteroatoms. The van der Waals surface area contributed by atoms with E-state index in [0.717, 1.165) is 60.0 Å². The smallest absolute Gasteiger partial charge is 0.144 e. The molecule has 0 unspecified atom stereocenters. The van der Waals surface area contributed by atoms with Crippen molar-refractivity contribution in [1.29, 1.82) is 0 Å². The molecule has 0 bridgehead atoms. The summed E-state index contributed by atoms with van der Waals surface area (Å²) >= 11 is 3.64. The van der Waals surface area contributed by atoms with Gasteiger partial charge in [0.15, 0.2) is 0 Å². The van der Waals surface area contributed by atoms with Crippen molar-refractivity contribution in [3.8, 4) is 0 Å². The molecule has 1 aromatic rings. The van der Waals surface area contributed by atoms with Crippen molar-refractivity contribution in [2.24, 2.45) is 5.92 Å². The monoisotopic (exact) mass is 311 g/mol. The summed E-state index contributed by atoms with van der Waals surface area (Å²) in [5.74, 6) is 2.83. The van der Waals surface area contributed by atoms with Crippen LogP contribution in [-0.2, 0) is 12.8 Å². The minimum absolute atomic E-state index is 0.833. The third-order valence-electron chi connectivity index (χ3n) is 3.16. The van der Waals surface area contributed by atoms with Crippen LogP contribution in [-0.4, -0.2) is 16.5 Å². The molecule has 1 heterocycles. The maximum Gasteiger partial charge on any atom is 0.144 e. The standard InChI is InChI=1S/C14H22BrN3/c1-3-5-11-13(15)14(16-8-4-2)18-12(17-11)9-10-6-7-10/h10H,3-9H2,1-2H3,(H,16,17,18). The average molecular weight is 312 g/mol. The lowest BCUT2D eigenvalue weighted by Crippen LogP contribution is -2.09. The SMILES string of the molecule is CCCNc1nc(CC2CC2)nc(CCC)c1Br. The highest BCUT2D eigenvalue weighted by Gasteiger charge is 2.24. The van der Waals surface area contributed by atoms with E-state index >= 15 is 0 Å². The highest BCUT2D eigenvalue weighted by atomic mass is 79.9. The van der Waals surface area contributed by atoms with Crippen LogP contribution >= 0.6 is 15.9 Å². The van der Waals surface area contributed by atoms with Gasteiger partial charge in [0.25, 0.3) is 0 Å². The van der Waals surface area contributed by atoms with Gasteiger partial charge in [-0.3, -0.25) is 0 Å². The quantitative estimate of drug-likeness (QED) is 0.828. The zero-order valence-electron chi connectivity index (χ0n) is 11.3. The molecule has 0 amide bonds. The van der Waals surface area contributed by atoms with Crippen molar-refractivity contribution in [1.82, 2.24) is 9.97 Å². The summed E-state index contributed by atoms with van der Waals surface area (Å²) in [5, 5.41) is 3.40. The van der Waals surface area contributed by atoms with Gasteiger partial charge in [-0.25, -0.2) is 9.97 Å². The van der Waals surface area contributed by atoms with Crippen LogP contribution in [0.2, 0.25) is 0 Å².